The van der Waals surface area contributed by atoms with Crippen molar-refractivity contribution in [3.8, 4) is 5.75 Å². The minimum absolute atomic E-state index is 0.461. The van der Waals surface area contributed by atoms with Gasteiger partial charge in [0.2, 0.25) is 0 Å². The molecule has 13 heavy (non-hydrogen) atoms. The largest absolute Gasteiger partial charge is 0.489 e. The molecule has 0 aromatic heterocycles. The lowest BCUT2D eigenvalue weighted by Gasteiger charge is -2.23. The van der Waals surface area contributed by atoms with Gasteiger partial charge in [0.1, 0.15) is 11.9 Å². The van der Waals surface area contributed by atoms with Crippen LogP contribution in [0.5, 0.6) is 5.75 Å². The van der Waals surface area contributed by atoms with Gasteiger partial charge in [-0.15, -0.1) is 0 Å². The summed E-state index contributed by atoms with van der Waals surface area (Å²) in [5.74, 6) is 1.73. The molecule has 0 spiro atoms. The van der Waals surface area contributed by atoms with Crippen LogP contribution in [0, 0.1) is 6.07 Å². The van der Waals surface area contributed by atoms with Crippen molar-refractivity contribution in [3.05, 3.63) is 29.8 Å². The number of hydrogen-bond acceptors (Lipinski definition) is 1. The summed E-state index contributed by atoms with van der Waals surface area (Å²) in [5, 5.41) is 0. The fourth-order valence-electron chi connectivity index (χ4n) is 2.56. The maximum atomic E-state index is 5.88. The predicted molar refractivity (Wildman–Crippen MR) is 50.9 cm³/mol. The Labute approximate surface area is 78.7 Å². The number of fused-ring (bicyclic) bond motifs is 3. The first-order valence-electron chi connectivity index (χ1n) is 5.12. The molecule has 2 unspecified atom stereocenters. The lowest BCUT2D eigenvalue weighted by Crippen LogP contribution is -2.22. The number of hydrogen-bond donors (Lipinski definition) is 0. The maximum Gasteiger partial charge on any atom is 0.123 e. The van der Waals surface area contributed by atoms with Gasteiger partial charge >= 0.3 is 0 Å². The third-order valence-corrected chi connectivity index (χ3v) is 3.20. The van der Waals surface area contributed by atoms with Crippen LogP contribution in [0.15, 0.2) is 18.2 Å². The zero-order chi connectivity index (χ0) is 8.67. The first-order chi connectivity index (χ1) is 6.45. The summed E-state index contributed by atoms with van der Waals surface area (Å²) in [6, 6.07) is 9.41. The van der Waals surface area contributed by atoms with Crippen LogP contribution in [0.1, 0.15) is 37.2 Å². The van der Waals surface area contributed by atoms with Crippen LogP contribution in [0.4, 0.5) is 0 Å². The quantitative estimate of drug-likeness (QED) is 0.586. The van der Waals surface area contributed by atoms with Crippen molar-refractivity contribution >= 4 is 0 Å². The Morgan fingerprint density at radius 3 is 3.23 bits per heavy atom. The van der Waals surface area contributed by atoms with E-state index in [1.54, 1.807) is 0 Å². The summed E-state index contributed by atoms with van der Waals surface area (Å²) in [6.45, 7) is 0. The lowest BCUT2D eigenvalue weighted by atomic mass is 9.83. The molecule has 1 aliphatic carbocycles. The molecule has 67 valence electrons. The molecule has 0 saturated heterocycles. The second kappa shape index (κ2) is 2.76. The summed E-state index contributed by atoms with van der Waals surface area (Å²) < 4.78 is 5.88. The molecule has 1 heteroatoms. The van der Waals surface area contributed by atoms with E-state index in [0.717, 1.165) is 5.75 Å². The van der Waals surface area contributed by atoms with Crippen LogP contribution in [-0.4, -0.2) is 6.10 Å². The van der Waals surface area contributed by atoms with Gasteiger partial charge in [0.15, 0.2) is 0 Å². The highest BCUT2D eigenvalue weighted by Gasteiger charge is 2.35. The Morgan fingerprint density at radius 1 is 1.31 bits per heavy atom. The summed E-state index contributed by atoms with van der Waals surface area (Å²) in [7, 11) is 0. The van der Waals surface area contributed by atoms with Gasteiger partial charge in [0.05, 0.1) is 0 Å². The lowest BCUT2D eigenvalue weighted by molar-refractivity contribution is 0.164. The molecular formula is C12H13O. The van der Waals surface area contributed by atoms with E-state index in [-0.39, 0.29) is 0 Å². The predicted octanol–water partition coefficient (Wildman–Crippen LogP) is 2.91. The highest BCUT2D eigenvalue weighted by molar-refractivity contribution is 5.40. The fourth-order valence-corrected chi connectivity index (χ4v) is 2.56. The average molecular weight is 173 g/mol. The minimum Gasteiger partial charge on any atom is -0.489 e. The third-order valence-electron chi connectivity index (χ3n) is 3.20. The molecule has 2 atom stereocenters. The second-order valence-corrected chi connectivity index (χ2v) is 4.00. The molecule has 2 aliphatic rings. The minimum atomic E-state index is 0.461. The molecule has 3 rings (SSSR count). The van der Waals surface area contributed by atoms with Crippen LogP contribution in [0.25, 0.3) is 0 Å². The van der Waals surface area contributed by atoms with Crippen molar-refractivity contribution in [1.82, 2.24) is 0 Å². The molecule has 1 nitrogen and oxygen atoms in total. The van der Waals surface area contributed by atoms with E-state index >= 15 is 0 Å². The van der Waals surface area contributed by atoms with Gasteiger partial charge in [-0.2, -0.15) is 0 Å². The SMILES string of the molecule is [c]1cccc2c1C1CCCCC1O2. The Hall–Kier alpha value is -0.980. The zero-order valence-corrected chi connectivity index (χ0v) is 7.62. The summed E-state index contributed by atoms with van der Waals surface area (Å²) in [5.41, 5.74) is 1.33. The molecule has 0 bridgehead atoms. The van der Waals surface area contributed by atoms with Gasteiger partial charge in [-0.1, -0.05) is 18.6 Å². The Bertz CT molecular complexity index is 319. The molecule has 1 aromatic carbocycles. The fraction of sp³-hybridized carbons (Fsp3) is 0.500. The highest BCUT2D eigenvalue weighted by atomic mass is 16.5. The van der Waals surface area contributed by atoms with Crippen LogP contribution in [-0.2, 0) is 0 Å². The molecule has 1 saturated carbocycles. The van der Waals surface area contributed by atoms with Crippen LogP contribution in [0.3, 0.4) is 0 Å². The molecule has 1 aliphatic heterocycles. The number of benzene rings is 1. The van der Waals surface area contributed by atoms with E-state index in [9.17, 15) is 0 Å². The van der Waals surface area contributed by atoms with Gasteiger partial charge in [-0.05, 0) is 31.4 Å². The number of rotatable bonds is 0. The third kappa shape index (κ3) is 1.06. The van der Waals surface area contributed by atoms with Crippen molar-refractivity contribution in [2.75, 3.05) is 0 Å². The maximum absolute atomic E-state index is 5.88. The van der Waals surface area contributed by atoms with E-state index < -0.39 is 0 Å². The molecule has 1 aromatic rings. The average Bonchev–Trinajstić information content (AvgIpc) is 2.56. The van der Waals surface area contributed by atoms with Gasteiger partial charge in [-0.3, -0.25) is 0 Å². The Balaban J connectivity index is 2.01. The second-order valence-electron chi connectivity index (χ2n) is 4.00. The highest BCUT2D eigenvalue weighted by Crippen LogP contribution is 2.44. The topological polar surface area (TPSA) is 9.23 Å². The molecule has 0 amide bonds. The molecule has 1 radical (unpaired) electrons. The summed E-state index contributed by atoms with van der Waals surface area (Å²) in [4.78, 5) is 0. The van der Waals surface area contributed by atoms with E-state index in [1.807, 2.05) is 12.1 Å². The van der Waals surface area contributed by atoms with Crippen molar-refractivity contribution in [2.45, 2.75) is 37.7 Å². The van der Waals surface area contributed by atoms with Gasteiger partial charge in [0, 0.05) is 11.5 Å². The van der Waals surface area contributed by atoms with Crippen molar-refractivity contribution < 1.29 is 4.74 Å². The summed E-state index contributed by atoms with van der Waals surface area (Å²) in [6.07, 6.45) is 5.66. The standard InChI is InChI=1S/C12H13O/c1-3-7-11-9(5-1)10-6-2-4-8-12(10)13-11/h1,3,7,10,12H,2,4,6,8H2. The molecule has 0 N–H and O–H groups in total. The van der Waals surface area contributed by atoms with Crippen molar-refractivity contribution in [2.24, 2.45) is 0 Å². The van der Waals surface area contributed by atoms with Crippen LogP contribution in [0.2, 0.25) is 0 Å². The monoisotopic (exact) mass is 173 g/mol. The van der Waals surface area contributed by atoms with Crippen molar-refractivity contribution in [3.63, 3.8) is 0 Å². The van der Waals surface area contributed by atoms with E-state index in [1.165, 1.54) is 31.2 Å². The van der Waals surface area contributed by atoms with Gasteiger partial charge in [-0.25, -0.2) is 0 Å². The van der Waals surface area contributed by atoms with Crippen LogP contribution >= 0.6 is 0 Å². The van der Waals surface area contributed by atoms with Crippen molar-refractivity contribution in [1.29, 1.82) is 0 Å². The molecular weight excluding hydrogens is 160 g/mol. The summed E-state index contributed by atoms with van der Waals surface area (Å²) >= 11 is 0. The van der Waals surface area contributed by atoms with E-state index in [2.05, 4.69) is 12.1 Å². The van der Waals surface area contributed by atoms with E-state index in [0.29, 0.717) is 12.0 Å². The Kier molecular flexibility index (Phi) is 1.58. The molecule has 1 heterocycles. The zero-order valence-electron chi connectivity index (χ0n) is 7.62. The Morgan fingerprint density at radius 2 is 2.23 bits per heavy atom. The smallest absolute Gasteiger partial charge is 0.123 e. The van der Waals surface area contributed by atoms with Crippen LogP contribution < -0.4 is 4.74 Å². The first-order valence-corrected chi connectivity index (χ1v) is 5.12. The van der Waals surface area contributed by atoms with Gasteiger partial charge < -0.3 is 4.74 Å². The normalized spacial score (nSPS) is 30.5. The van der Waals surface area contributed by atoms with E-state index in [4.69, 9.17) is 4.74 Å². The number of ether oxygens (including phenoxy) is 1. The van der Waals surface area contributed by atoms with Gasteiger partial charge in [0.25, 0.3) is 0 Å². The first kappa shape index (κ1) is 7.43. The molecule has 1 fully saturated rings.